The first-order chi connectivity index (χ1) is 16.4. The Kier molecular flexibility index (Phi) is 6.99. The van der Waals surface area contributed by atoms with Gasteiger partial charge in [0.2, 0.25) is 5.91 Å². The van der Waals surface area contributed by atoms with Gasteiger partial charge in [0.05, 0.1) is 0 Å². The maximum absolute atomic E-state index is 12.5. The van der Waals surface area contributed by atoms with E-state index >= 15 is 0 Å². The van der Waals surface area contributed by atoms with Crippen molar-refractivity contribution >= 4 is 40.4 Å². The molecule has 1 amide bonds. The quantitative estimate of drug-likeness (QED) is 0.409. The SMILES string of the molecule is O=C1CC(CCc2cccc(Cl)c2)C2CC(C(O)(c3ccc(Cl)cc3)c3nccs3)CCC2N1. The minimum atomic E-state index is -1.18. The molecule has 1 aliphatic heterocycles. The van der Waals surface area contributed by atoms with Gasteiger partial charge in [-0.15, -0.1) is 11.3 Å². The summed E-state index contributed by atoms with van der Waals surface area (Å²) in [6.45, 7) is 0. The van der Waals surface area contributed by atoms with Gasteiger partial charge in [0.25, 0.3) is 0 Å². The van der Waals surface area contributed by atoms with Crippen LogP contribution < -0.4 is 5.32 Å². The maximum atomic E-state index is 12.5. The molecule has 0 radical (unpaired) electrons. The number of piperidine rings is 1. The average molecular weight is 516 g/mol. The normalized spacial score (nSPS) is 26.4. The van der Waals surface area contributed by atoms with Crippen molar-refractivity contribution in [2.75, 3.05) is 0 Å². The summed E-state index contributed by atoms with van der Waals surface area (Å²) in [7, 11) is 0. The van der Waals surface area contributed by atoms with E-state index in [-0.39, 0.29) is 23.8 Å². The predicted molar refractivity (Wildman–Crippen MR) is 137 cm³/mol. The number of benzene rings is 2. The van der Waals surface area contributed by atoms with Crippen LogP contribution in [0, 0.1) is 17.8 Å². The average Bonchev–Trinajstić information content (AvgIpc) is 3.38. The summed E-state index contributed by atoms with van der Waals surface area (Å²) in [5.41, 5.74) is 0.844. The highest BCUT2D eigenvalue weighted by Crippen LogP contribution is 2.49. The molecule has 1 aromatic heterocycles. The number of nitrogens with zero attached hydrogens (tertiary/aromatic N) is 1. The van der Waals surface area contributed by atoms with Gasteiger partial charge in [-0.3, -0.25) is 4.79 Å². The predicted octanol–water partition coefficient (Wildman–Crippen LogP) is 6.24. The molecule has 1 saturated carbocycles. The van der Waals surface area contributed by atoms with Gasteiger partial charge in [0.15, 0.2) is 0 Å². The van der Waals surface area contributed by atoms with Crippen LogP contribution in [-0.4, -0.2) is 22.0 Å². The van der Waals surface area contributed by atoms with Crippen molar-refractivity contribution < 1.29 is 9.90 Å². The van der Waals surface area contributed by atoms with E-state index in [0.29, 0.717) is 22.4 Å². The van der Waals surface area contributed by atoms with Crippen LogP contribution in [0.2, 0.25) is 10.0 Å². The van der Waals surface area contributed by atoms with Crippen LogP contribution in [0.15, 0.2) is 60.1 Å². The van der Waals surface area contributed by atoms with E-state index in [1.54, 1.807) is 6.20 Å². The van der Waals surface area contributed by atoms with Crippen molar-refractivity contribution in [3.63, 3.8) is 0 Å². The third-order valence-corrected chi connectivity index (χ3v) is 9.01. The van der Waals surface area contributed by atoms with Crippen LogP contribution >= 0.6 is 34.5 Å². The summed E-state index contributed by atoms with van der Waals surface area (Å²) in [4.78, 5) is 17.0. The lowest BCUT2D eigenvalue weighted by Crippen LogP contribution is -2.54. The summed E-state index contributed by atoms with van der Waals surface area (Å²) in [6.07, 6.45) is 6.62. The van der Waals surface area contributed by atoms with Gasteiger partial charge >= 0.3 is 0 Å². The Morgan fingerprint density at radius 3 is 2.68 bits per heavy atom. The van der Waals surface area contributed by atoms with Crippen molar-refractivity contribution in [2.45, 2.75) is 50.2 Å². The molecule has 4 nitrogen and oxygen atoms in total. The van der Waals surface area contributed by atoms with Gasteiger partial charge < -0.3 is 10.4 Å². The highest BCUT2D eigenvalue weighted by Gasteiger charge is 2.49. The topological polar surface area (TPSA) is 62.2 Å². The summed E-state index contributed by atoms with van der Waals surface area (Å²) in [5, 5.41) is 19.5. The standard InChI is InChI=1S/C27H28Cl2N2O2S/c28-21-9-6-19(7-10-21)27(33,26-30-12-13-34-26)20-8-11-24-23(16-20)18(15-25(32)31-24)5-4-17-2-1-3-22(29)14-17/h1-3,6-7,9-10,12-14,18,20,23-24,33H,4-5,8,11,15-16H2,(H,31,32). The Balaban J connectivity index is 1.41. The zero-order valence-electron chi connectivity index (χ0n) is 18.8. The second kappa shape index (κ2) is 9.98. The molecule has 1 aliphatic carbocycles. The Labute approximate surface area is 214 Å². The van der Waals surface area contributed by atoms with Crippen molar-refractivity contribution in [3.05, 3.63) is 86.3 Å². The molecule has 5 rings (SSSR count). The van der Waals surface area contributed by atoms with E-state index in [0.717, 1.165) is 42.7 Å². The Morgan fingerprint density at radius 2 is 1.94 bits per heavy atom. The van der Waals surface area contributed by atoms with Crippen LogP contribution in [0.1, 0.15) is 48.2 Å². The van der Waals surface area contributed by atoms with E-state index in [2.05, 4.69) is 16.4 Å². The molecule has 7 heteroatoms. The molecule has 0 spiro atoms. The monoisotopic (exact) mass is 514 g/mol. The third kappa shape index (κ3) is 4.76. The van der Waals surface area contributed by atoms with Crippen LogP contribution in [0.3, 0.4) is 0 Å². The van der Waals surface area contributed by atoms with Gasteiger partial charge in [-0.25, -0.2) is 4.98 Å². The fourth-order valence-electron chi connectivity index (χ4n) is 5.95. The minimum Gasteiger partial charge on any atom is -0.378 e. The van der Waals surface area contributed by atoms with Gasteiger partial charge in [0, 0.05) is 34.1 Å². The lowest BCUT2D eigenvalue weighted by atomic mass is 9.63. The number of aromatic nitrogens is 1. The van der Waals surface area contributed by atoms with Gasteiger partial charge in [-0.05, 0) is 85.3 Å². The van der Waals surface area contributed by atoms with Crippen molar-refractivity contribution in [3.8, 4) is 0 Å². The van der Waals surface area contributed by atoms with Crippen LogP contribution in [0.4, 0.5) is 0 Å². The molecule has 2 heterocycles. The molecule has 0 bridgehead atoms. The van der Waals surface area contributed by atoms with E-state index < -0.39 is 5.60 Å². The number of fused-ring (bicyclic) bond motifs is 1. The van der Waals surface area contributed by atoms with Crippen molar-refractivity contribution in [2.24, 2.45) is 17.8 Å². The Bertz CT molecular complexity index is 1140. The first-order valence-corrected chi connectivity index (χ1v) is 13.5. The lowest BCUT2D eigenvalue weighted by Gasteiger charge is -2.48. The number of halogens is 2. The second-order valence-corrected chi connectivity index (χ2v) is 11.4. The largest absolute Gasteiger partial charge is 0.378 e. The highest BCUT2D eigenvalue weighted by atomic mass is 35.5. The number of thiazole rings is 1. The molecule has 2 aliphatic rings. The third-order valence-electron chi connectivity index (χ3n) is 7.63. The molecular weight excluding hydrogens is 487 g/mol. The van der Waals surface area contributed by atoms with Crippen LogP contribution in [-0.2, 0) is 16.8 Å². The number of hydrogen-bond acceptors (Lipinski definition) is 4. The molecule has 2 aromatic carbocycles. The van der Waals surface area contributed by atoms with Gasteiger partial charge in [-0.2, -0.15) is 0 Å². The maximum Gasteiger partial charge on any atom is 0.220 e. The summed E-state index contributed by atoms with van der Waals surface area (Å²) in [6, 6.07) is 15.6. The summed E-state index contributed by atoms with van der Waals surface area (Å²) < 4.78 is 0. The Morgan fingerprint density at radius 1 is 1.12 bits per heavy atom. The fraction of sp³-hybridized carbons (Fsp3) is 0.407. The van der Waals surface area contributed by atoms with E-state index in [4.69, 9.17) is 23.2 Å². The van der Waals surface area contributed by atoms with Gasteiger partial charge in [-0.1, -0.05) is 47.5 Å². The number of amides is 1. The number of aryl methyl sites for hydroxylation is 1. The number of rotatable bonds is 6. The first kappa shape index (κ1) is 23.8. The number of hydrogen-bond donors (Lipinski definition) is 2. The number of aliphatic hydroxyl groups is 1. The van der Waals surface area contributed by atoms with E-state index in [1.165, 1.54) is 16.9 Å². The molecule has 5 atom stereocenters. The minimum absolute atomic E-state index is 0.00440. The van der Waals surface area contributed by atoms with Crippen LogP contribution in [0.5, 0.6) is 0 Å². The Hall–Kier alpha value is -1.92. The molecule has 2 fully saturated rings. The number of carbonyl (C=O) groups excluding carboxylic acids is 1. The highest BCUT2D eigenvalue weighted by molar-refractivity contribution is 7.09. The first-order valence-electron chi connectivity index (χ1n) is 11.9. The zero-order chi connectivity index (χ0) is 23.7. The fourth-order valence-corrected chi connectivity index (χ4v) is 7.13. The molecule has 1 saturated heterocycles. The van der Waals surface area contributed by atoms with E-state index in [1.807, 2.05) is 47.8 Å². The smallest absolute Gasteiger partial charge is 0.220 e. The summed E-state index contributed by atoms with van der Waals surface area (Å²) >= 11 is 13.8. The van der Waals surface area contributed by atoms with Crippen molar-refractivity contribution in [1.29, 1.82) is 0 Å². The molecule has 34 heavy (non-hydrogen) atoms. The zero-order valence-corrected chi connectivity index (χ0v) is 21.1. The summed E-state index contributed by atoms with van der Waals surface area (Å²) in [5.74, 6) is 0.731. The molecule has 5 unspecified atom stereocenters. The van der Waals surface area contributed by atoms with Gasteiger partial charge in [0.1, 0.15) is 10.6 Å². The lowest BCUT2D eigenvalue weighted by molar-refractivity contribution is -0.128. The van der Waals surface area contributed by atoms with E-state index in [9.17, 15) is 9.90 Å². The van der Waals surface area contributed by atoms with Crippen LogP contribution in [0.25, 0.3) is 0 Å². The molecule has 3 aromatic rings. The molecular formula is C27H28Cl2N2O2S. The second-order valence-electron chi connectivity index (χ2n) is 9.59. The number of carbonyl (C=O) groups is 1. The number of nitrogens with one attached hydrogen (secondary N) is 1. The molecule has 178 valence electrons. The molecule has 2 N–H and O–H groups in total. The van der Waals surface area contributed by atoms with Crippen molar-refractivity contribution in [1.82, 2.24) is 10.3 Å².